The first-order chi connectivity index (χ1) is 56.2. The zero-order chi connectivity index (χ0) is 83.6. The van der Waals surface area contributed by atoms with Gasteiger partial charge in [0.05, 0.1) is 26.4 Å². The Morgan fingerprint density at radius 1 is 0.252 bits per heavy atom. The van der Waals surface area contributed by atoms with Crippen molar-refractivity contribution >= 4 is 33.6 Å². The topological polar surface area (TPSA) is 231 Å². The van der Waals surface area contributed by atoms with Gasteiger partial charge in [0.1, 0.15) is 25.4 Å². The van der Waals surface area contributed by atoms with Crippen molar-refractivity contribution in [1.82, 2.24) is 0 Å². The minimum atomic E-state index is -4.96. The van der Waals surface area contributed by atoms with E-state index in [-0.39, 0.29) is 19.3 Å². The number of esters is 3. The van der Waals surface area contributed by atoms with Gasteiger partial charge in [-0.1, -0.05) is 370 Å². The van der Waals surface area contributed by atoms with Gasteiger partial charge in [0.2, 0.25) is 0 Å². The van der Waals surface area contributed by atoms with Crippen LogP contribution in [0.5, 0.6) is 0 Å². The second-order valence-corrected chi connectivity index (χ2v) is 32.5. The largest absolute Gasteiger partial charge is 0.472 e. The average molecular weight is 1650 g/mol. The molecule has 0 radical (unpaired) electrons. The quantitative estimate of drug-likeness (QED) is 0.0146. The highest BCUT2D eigenvalue weighted by Crippen LogP contribution is 2.45. The number of hydrogen-bond acceptors (Lipinski definition) is 14. The molecule has 0 saturated heterocycles. The molecule has 0 aromatic rings. The summed E-state index contributed by atoms with van der Waals surface area (Å²) in [4.78, 5) is 58.9. The van der Waals surface area contributed by atoms with Crippen molar-refractivity contribution in [2.24, 2.45) is 0 Å². The second kappa shape index (κ2) is 87.9. The van der Waals surface area contributed by atoms with Crippen molar-refractivity contribution < 1.29 is 75.8 Å². The Bertz CT molecular complexity index is 2820. The Morgan fingerprint density at radius 2 is 0.478 bits per heavy atom. The number of rotatable bonds is 84. The van der Waals surface area contributed by atoms with E-state index < -0.39 is 91.5 Å². The van der Waals surface area contributed by atoms with Crippen molar-refractivity contribution in [2.75, 3.05) is 39.6 Å². The molecule has 115 heavy (non-hydrogen) atoms. The van der Waals surface area contributed by atoms with Crippen LogP contribution in [-0.2, 0) is 55.8 Å². The van der Waals surface area contributed by atoms with Gasteiger partial charge in [-0.3, -0.25) is 32.5 Å². The number of ether oxygens (including phenoxy) is 3. The van der Waals surface area contributed by atoms with Crippen LogP contribution in [0.1, 0.15) is 355 Å². The molecule has 5 atom stereocenters. The summed E-state index contributed by atoms with van der Waals surface area (Å²) in [6, 6.07) is 0. The smallest absolute Gasteiger partial charge is 0.463 e. The first-order valence-electron chi connectivity index (χ1n) is 45.1. The minimum Gasteiger partial charge on any atom is -0.463 e. The van der Waals surface area contributed by atoms with Gasteiger partial charge < -0.3 is 34.2 Å². The Kier molecular flexibility index (Phi) is 83.9. The third kappa shape index (κ3) is 89.3. The van der Waals surface area contributed by atoms with Crippen molar-refractivity contribution in [1.29, 1.82) is 0 Å². The van der Waals surface area contributed by atoms with Crippen molar-refractivity contribution in [2.45, 2.75) is 373 Å². The van der Waals surface area contributed by atoms with Gasteiger partial charge in [0.15, 0.2) is 6.10 Å². The molecule has 0 fully saturated rings. The van der Waals surface area contributed by atoms with E-state index in [0.717, 1.165) is 135 Å². The highest BCUT2D eigenvalue weighted by molar-refractivity contribution is 7.47. The van der Waals surface area contributed by atoms with E-state index >= 15 is 0 Å². The van der Waals surface area contributed by atoms with Crippen LogP contribution in [0.3, 0.4) is 0 Å². The second-order valence-electron chi connectivity index (χ2n) is 29.6. The van der Waals surface area contributed by atoms with Gasteiger partial charge in [-0.2, -0.15) is 0 Å². The number of phosphoric ester groups is 2. The normalized spacial score (nSPS) is 14.7. The number of hydrogen-bond donors (Lipinski definition) is 4. The van der Waals surface area contributed by atoms with Gasteiger partial charge in [-0.25, -0.2) is 9.13 Å². The number of aliphatic hydroxyl groups is 2. The summed E-state index contributed by atoms with van der Waals surface area (Å²) in [5.41, 5.74) is 0. The SMILES string of the molecule is CC/C=C\C/C=C\C/C=C\C/C=C\C/C=C\C/C=C\CCC(=O)OC(COC(=O)CCCCCCCCCCCCCCC/C=C\C/C=C\C/C=C\C/C=C\CCCCC)COP(=O)(O)OCC(O)COP(=O)(O)OCC(O)COC(=O)CCCCCCCCCCCCCCCCC/C=C\C/C=C\C/C=C\C/C=C\C/C=C\CC. The first-order valence-corrected chi connectivity index (χ1v) is 48.1. The van der Waals surface area contributed by atoms with Crippen LogP contribution in [0.25, 0.3) is 0 Å². The van der Waals surface area contributed by atoms with E-state index in [2.05, 4.69) is 185 Å². The maximum absolute atomic E-state index is 13.0. The molecule has 0 saturated carbocycles. The molecule has 18 heteroatoms. The number of phosphoric acid groups is 2. The fourth-order valence-electron chi connectivity index (χ4n) is 11.8. The minimum absolute atomic E-state index is 0.0255. The van der Waals surface area contributed by atoms with Gasteiger partial charge in [0.25, 0.3) is 0 Å². The van der Waals surface area contributed by atoms with Crippen LogP contribution in [0, 0.1) is 0 Å². The molecular formula is C97H162O16P2. The third-order valence-electron chi connectivity index (χ3n) is 18.6. The van der Waals surface area contributed by atoms with E-state index in [1.54, 1.807) is 0 Å². The summed E-state index contributed by atoms with van der Waals surface area (Å²) in [5.74, 6) is -1.67. The lowest BCUT2D eigenvalue weighted by Gasteiger charge is -2.21. The van der Waals surface area contributed by atoms with Crippen LogP contribution < -0.4 is 0 Å². The molecular weight excluding hydrogens is 1480 g/mol. The maximum Gasteiger partial charge on any atom is 0.472 e. The predicted octanol–water partition coefficient (Wildman–Crippen LogP) is 27.7. The van der Waals surface area contributed by atoms with E-state index in [9.17, 15) is 43.5 Å². The lowest BCUT2D eigenvalue weighted by atomic mass is 10.0. The van der Waals surface area contributed by atoms with Gasteiger partial charge >= 0.3 is 33.6 Å². The molecule has 0 aliphatic rings. The zero-order valence-electron chi connectivity index (χ0n) is 72.1. The monoisotopic (exact) mass is 1650 g/mol. The molecule has 0 rings (SSSR count). The summed E-state index contributed by atoms with van der Waals surface area (Å²) in [6.45, 7) is 2.36. The molecule has 0 amide bonds. The van der Waals surface area contributed by atoms with Crippen LogP contribution in [-0.4, -0.2) is 95.9 Å². The van der Waals surface area contributed by atoms with Crippen molar-refractivity contribution in [3.05, 3.63) is 182 Å². The summed E-state index contributed by atoms with van der Waals surface area (Å²) in [5, 5.41) is 20.7. The van der Waals surface area contributed by atoms with E-state index in [1.165, 1.54) is 154 Å². The van der Waals surface area contributed by atoms with E-state index in [1.807, 2.05) is 18.2 Å². The zero-order valence-corrected chi connectivity index (χ0v) is 73.9. The molecule has 0 aliphatic heterocycles. The summed E-state index contributed by atoms with van der Waals surface area (Å²) in [6.07, 6.45) is 115. The molecule has 0 aliphatic carbocycles. The van der Waals surface area contributed by atoms with Crippen molar-refractivity contribution in [3.8, 4) is 0 Å². The van der Waals surface area contributed by atoms with Gasteiger partial charge in [-0.15, -0.1) is 0 Å². The molecule has 656 valence electrons. The summed E-state index contributed by atoms with van der Waals surface area (Å²) < 4.78 is 61.3. The fraction of sp³-hybridized carbons (Fsp3) is 0.660. The van der Waals surface area contributed by atoms with Crippen LogP contribution in [0.4, 0.5) is 0 Å². The number of aliphatic hydroxyl groups excluding tert-OH is 2. The van der Waals surface area contributed by atoms with Gasteiger partial charge in [0, 0.05) is 19.3 Å². The van der Waals surface area contributed by atoms with Crippen LogP contribution in [0.15, 0.2) is 182 Å². The highest BCUT2D eigenvalue weighted by Gasteiger charge is 2.29. The van der Waals surface area contributed by atoms with E-state index in [4.69, 9.17) is 32.3 Å². The molecule has 4 N–H and O–H groups in total. The number of allylic oxidation sites excluding steroid dienone is 30. The fourth-order valence-corrected chi connectivity index (χ4v) is 13.4. The molecule has 0 bridgehead atoms. The Balaban J connectivity index is 4.60. The van der Waals surface area contributed by atoms with Crippen molar-refractivity contribution in [3.63, 3.8) is 0 Å². The standard InChI is InChI=1S/C97H162O16P2/c1-4-7-10-13-16-19-22-25-28-31-34-36-38-40-42-44-45-47-49-50-52-54-57-59-62-65-68-71-74-77-80-83-95(100)107-86-92(98)87-109-114(103,104)110-88-93(99)89-111-115(105,106)112-91-94(113-97(102)85-82-79-76-73-70-67-64-61-56-33-30-27-24-21-18-15-12-9-6-3)90-108-96(101)84-81-78-75-72-69-66-63-60-58-55-53-51-48-46-43-41-39-37-35-32-29-26-23-20-17-14-11-8-5-2/h7,9-10,12,16-21,25-30,34-37,40-43,56,61,67,70,76,79,92-94,98-99H,4-6,8,11,13-15,22-24,31-33,38-39,44-55,57-60,62-66,68-69,71-75,77-78,80-91H2,1-3H3,(H,103,104)(H,105,106)/b10-7-,12-9-,19-16-,20-17-,21-18-,28-25-,29-26-,30-27-,36-34-,37-35-,42-40-,43-41-,61-56-,70-67-,79-76-. The lowest BCUT2D eigenvalue weighted by Crippen LogP contribution is -2.29. The Morgan fingerprint density at radius 3 is 0.765 bits per heavy atom. The predicted molar refractivity (Wildman–Crippen MR) is 481 cm³/mol. The number of carbonyl (C=O) groups excluding carboxylic acids is 3. The molecule has 0 aromatic heterocycles. The third-order valence-corrected chi connectivity index (χ3v) is 20.5. The molecule has 5 unspecified atom stereocenters. The van der Waals surface area contributed by atoms with Crippen LogP contribution in [0.2, 0.25) is 0 Å². The lowest BCUT2D eigenvalue weighted by molar-refractivity contribution is -0.161. The summed E-state index contributed by atoms with van der Waals surface area (Å²) >= 11 is 0. The summed E-state index contributed by atoms with van der Waals surface area (Å²) in [7, 11) is -9.84. The molecule has 0 heterocycles. The first kappa shape index (κ1) is 110. The van der Waals surface area contributed by atoms with Gasteiger partial charge in [-0.05, 0) is 148 Å². The van der Waals surface area contributed by atoms with E-state index in [0.29, 0.717) is 25.7 Å². The number of carbonyl (C=O) groups is 3. The molecule has 16 nitrogen and oxygen atoms in total. The Hall–Kier alpha value is -5.35. The Labute approximate surface area is 700 Å². The molecule has 0 spiro atoms. The highest BCUT2D eigenvalue weighted by atomic mass is 31.2. The number of unbranched alkanes of at least 4 members (excludes halogenated alkanes) is 31. The molecule has 0 aromatic carbocycles. The maximum atomic E-state index is 13.0. The average Bonchev–Trinajstić information content (AvgIpc) is 0.890. The van der Waals surface area contributed by atoms with Crippen LogP contribution >= 0.6 is 15.6 Å².